The lowest BCUT2D eigenvalue weighted by Gasteiger charge is -2.27. The van der Waals surface area contributed by atoms with Gasteiger partial charge in [0.25, 0.3) is 0 Å². The standard InChI is InChI=1S/C25H29FN2O3S2/c1-30-18-7-8-22-20(15-18)19(21(26)16-27-22)5-3-9-25(24(29)31-2)10-11-28(17-25)12-14-33-23-6-4-13-32-23/h4,6-8,13,15-16H,3,5,9-12,14,17H2,1-2H3. The number of benzene rings is 1. The van der Waals surface area contributed by atoms with Gasteiger partial charge < -0.3 is 14.4 Å². The predicted molar refractivity (Wildman–Crippen MR) is 132 cm³/mol. The number of methoxy groups -OCH3 is 2. The minimum Gasteiger partial charge on any atom is -0.497 e. The first-order chi connectivity index (χ1) is 16.0. The van der Waals surface area contributed by atoms with E-state index in [2.05, 4.69) is 27.4 Å². The lowest BCUT2D eigenvalue weighted by Crippen LogP contribution is -2.36. The fraction of sp³-hybridized carbons (Fsp3) is 0.440. The summed E-state index contributed by atoms with van der Waals surface area (Å²) in [5.41, 5.74) is 0.839. The Morgan fingerprint density at radius 2 is 2.21 bits per heavy atom. The van der Waals surface area contributed by atoms with Crippen LogP contribution in [0.3, 0.4) is 0 Å². The molecule has 1 unspecified atom stereocenters. The number of thiophene rings is 1. The van der Waals surface area contributed by atoms with Gasteiger partial charge in [-0.3, -0.25) is 9.78 Å². The molecule has 8 heteroatoms. The molecule has 1 aromatic carbocycles. The zero-order valence-electron chi connectivity index (χ0n) is 19.0. The molecule has 33 heavy (non-hydrogen) atoms. The van der Waals surface area contributed by atoms with Gasteiger partial charge in [0, 0.05) is 24.2 Å². The molecular weight excluding hydrogens is 459 g/mol. The van der Waals surface area contributed by atoms with Crippen LogP contribution in [-0.2, 0) is 16.0 Å². The number of carbonyl (C=O) groups excluding carboxylic acids is 1. The number of esters is 1. The molecule has 0 amide bonds. The molecule has 176 valence electrons. The molecule has 1 saturated heterocycles. The van der Waals surface area contributed by atoms with Crippen molar-refractivity contribution in [1.29, 1.82) is 0 Å². The zero-order chi connectivity index (χ0) is 23.3. The number of nitrogens with zero attached hydrogens (tertiary/aromatic N) is 2. The van der Waals surface area contributed by atoms with Crippen molar-refractivity contribution in [1.82, 2.24) is 9.88 Å². The number of pyridine rings is 1. The maximum Gasteiger partial charge on any atom is 0.313 e. The van der Waals surface area contributed by atoms with E-state index in [-0.39, 0.29) is 11.8 Å². The number of hydrogen-bond acceptors (Lipinski definition) is 7. The van der Waals surface area contributed by atoms with Gasteiger partial charge in [-0.15, -0.1) is 23.1 Å². The van der Waals surface area contributed by atoms with Gasteiger partial charge in [0.05, 0.1) is 35.6 Å². The molecular formula is C25H29FN2O3S2. The molecule has 0 spiro atoms. The van der Waals surface area contributed by atoms with Crippen molar-refractivity contribution in [3.63, 3.8) is 0 Å². The summed E-state index contributed by atoms with van der Waals surface area (Å²) < 4.78 is 26.5. The number of hydrogen-bond donors (Lipinski definition) is 0. The molecule has 1 aliphatic rings. The van der Waals surface area contributed by atoms with Crippen LogP contribution in [0.1, 0.15) is 24.8 Å². The van der Waals surface area contributed by atoms with Crippen LogP contribution < -0.4 is 4.74 Å². The largest absolute Gasteiger partial charge is 0.497 e. The molecule has 0 radical (unpaired) electrons. The summed E-state index contributed by atoms with van der Waals surface area (Å²) in [6, 6.07) is 9.70. The van der Waals surface area contributed by atoms with Crippen molar-refractivity contribution in [3.8, 4) is 5.75 Å². The Bertz CT molecular complexity index is 1090. The average molecular weight is 489 g/mol. The maximum atomic E-state index is 14.7. The molecule has 3 heterocycles. The number of ether oxygens (including phenoxy) is 2. The van der Waals surface area contributed by atoms with Crippen LogP contribution in [0.15, 0.2) is 46.1 Å². The number of likely N-dealkylation sites (tertiary alicyclic amines) is 1. The molecule has 0 aliphatic carbocycles. The van der Waals surface area contributed by atoms with E-state index in [1.54, 1.807) is 18.4 Å². The number of fused-ring (bicyclic) bond motifs is 1. The number of aromatic nitrogens is 1. The summed E-state index contributed by atoms with van der Waals surface area (Å²) in [7, 11) is 3.06. The summed E-state index contributed by atoms with van der Waals surface area (Å²) in [4.78, 5) is 19.3. The van der Waals surface area contributed by atoms with Gasteiger partial charge in [0.1, 0.15) is 11.6 Å². The van der Waals surface area contributed by atoms with Gasteiger partial charge in [-0.05, 0) is 67.4 Å². The lowest BCUT2D eigenvalue weighted by atomic mass is 9.81. The smallest absolute Gasteiger partial charge is 0.313 e. The highest BCUT2D eigenvalue weighted by Gasteiger charge is 2.44. The van der Waals surface area contributed by atoms with Crippen LogP contribution in [0, 0.1) is 11.2 Å². The molecule has 0 N–H and O–H groups in total. The lowest BCUT2D eigenvalue weighted by molar-refractivity contribution is -0.152. The molecule has 5 nitrogen and oxygen atoms in total. The van der Waals surface area contributed by atoms with Crippen LogP contribution in [0.25, 0.3) is 10.9 Å². The van der Waals surface area contributed by atoms with Crippen molar-refractivity contribution >= 4 is 40.0 Å². The van der Waals surface area contributed by atoms with E-state index >= 15 is 0 Å². The predicted octanol–water partition coefficient (Wildman–Crippen LogP) is 5.42. The Morgan fingerprint density at radius 1 is 1.33 bits per heavy atom. The number of aryl methyl sites for hydroxylation is 1. The molecule has 2 aromatic heterocycles. The van der Waals surface area contributed by atoms with Gasteiger partial charge in [-0.25, -0.2) is 4.39 Å². The Labute approximate surface area is 202 Å². The highest BCUT2D eigenvalue weighted by molar-refractivity contribution is 8.01. The van der Waals surface area contributed by atoms with Gasteiger partial charge >= 0.3 is 5.97 Å². The zero-order valence-corrected chi connectivity index (χ0v) is 20.6. The van der Waals surface area contributed by atoms with Crippen molar-refractivity contribution < 1.29 is 18.7 Å². The maximum absolute atomic E-state index is 14.7. The molecule has 1 atom stereocenters. The van der Waals surface area contributed by atoms with E-state index in [9.17, 15) is 9.18 Å². The Balaban J connectivity index is 1.41. The molecule has 4 rings (SSSR count). The third-order valence-corrected chi connectivity index (χ3v) is 8.53. The molecule has 1 aliphatic heterocycles. The number of halogens is 1. The highest BCUT2D eigenvalue weighted by atomic mass is 32.2. The van der Waals surface area contributed by atoms with Gasteiger partial charge in [-0.2, -0.15) is 0 Å². The average Bonchev–Trinajstić information content (AvgIpc) is 3.50. The fourth-order valence-corrected chi connectivity index (χ4v) is 6.51. The molecule has 3 aromatic rings. The quantitative estimate of drug-likeness (QED) is 0.280. The third-order valence-electron chi connectivity index (χ3n) is 6.41. The van der Waals surface area contributed by atoms with E-state index in [0.29, 0.717) is 37.1 Å². The van der Waals surface area contributed by atoms with Crippen molar-refractivity contribution in [2.24, 2.45) is 5.41 Å². The minimum atomic E-state index is -0.528. The third kappa shape index (κ3) is 5.50. The Hall–Kier alpha value is -2.16. The van der Waals surface area contributed by atoms with Crippen LogP contribution in [0.2, 0.25) is 0 Å². The van der Waals surface area contributed by atoms with E-state index in [1.165, 1.54) is 17.5 Å². The minimum absolute atomic E-state index is 0.155. The van der Waals surface area contributed by atoms with Crippen molar-refractivity contribution in [2.45, 2.75) is 29.9 Å². The Morgan fingerprint density at radius 3 is 2.97 bits per heavy atom. The van der Waals surface area contributed by atoms with Crippen LogP contribution in [0.4, 0.5) is 4.39 Å². The number of carbonyl (C=O) groups is 1. The van der Waals surface area contributed by atoms with Crippen molar-refractivity contribution in [3.05, 3.63) is 53.3 Å². The fourth-order valence-electron chi connectivity index (χ4n) is 4.65. The summed E-state index contributed by atoms with van der Waals surface area (Å²) in [5, 5.41) is 2.85. The normalized spacial score (nSPS) is 18.6. The first-order valence-corrected chi connectivity index (χ1v) is 13.0. The topological polar surface area (TPSA) is 51.7 Å². The van der Waals surface area contributed by atoms with Gasteiger partial charge in [0.15, 0.2) is 0 Å². The second-order valence-electron chi connectivity index (χ2n) is 8.40. The second kappa shape index (κ2) is 10.8. The van der Waals surface area contributed by atoms with E-state index in [0.717, 1.165) is 36.2 Å². The van der Waals surface area contributed by atoms with E-state index in [4.69, 9.17) is 9.47 Å². The number of thioether (sulfide) groups is 1. The van der Waals surface area contributed by atoms with Crippen LogP contribution in [-0.4, -0.2) is 55.5 Å². The van der Waals surface area contributed by atoms with Gasteiger partial charge in [0.2, 0.25) is 0 Å². The number of rotatable bonds is 10. The molecule has 1 fully saturated rings. The first kappa shape index (κ1) is 24.0. The summed E-state index contributed by atoms with van der Waals surface area (Å²) >= 11 is 3.61. The summed E-state index contributed by atoms with van der Waals surface area (Å²) in [6.07, 6.45) is 3.95. The van der Waals surface area contributed by atoms with Crippen LogP contribution in [0.5, 0.6) is 5.75 Å². The molecule has 0 saturated carbocycles. The molecule has 0 bridgehead atoms. The monoisotopic (exact) mass is 488 g/mol. The van der Waals surface area contributed by atoms with E-state index in [1.807, 2.05) is 30.0 Å². The Kier molecular flexibility index (Phi) is 7.88. The summed E-state index contributed by atoms with van der Waals surface area (Å²) in [5.74, 6) is 1.20. The van der Waals surface area contributed by atoms with Gasteiger partial charge in [-0.1, -0.05) is 6.07 Å². The van der Waals surface area contributed by atoms with Crippen LogP contribution >= 0.6 is 23.1 Å². The second-order valence-corrected chi connectivity index (χ2v) is 10.7. The van der Waals surface area contributed by atoms with E-state index < -0.39 is 5.41 Å². The first-order valence-electron chi connectivity index (χ1n) is 11.1. The summed E-state index contributed by atoms with van der Waals surface area (Å²) in [6.45, 7) is 2.51. The SMILES string of the molecule is COC(=O)C1(CCCc2c(F)cnc3ccc(OC)cc23)CCN(CCSc2cccs2)C1. The van der Waals surface area contributed by atoms with Crippen molar-refractivity contribution in [2.75, 3.05) is 39.6 Å². The highest BCUT2D eigenvalue weighted by Crippen LogP contribution is 2.38.